The van der Waals surface area contributed by atoms with Gasteiger partial charge in [0.15, 0.2) is 0 Å². The van der Waals surface area contributed by atoms with Gasteiger partial charge in [-0.3, -0.25) is 0 Å². The number of aliphatic hydroxyl groups is 1. The van der Waals surface area contributed by atoms with Gasteiger partial charge in [0, 0.05) is 13.1 Å². The summed E-state index contributed by atoms with van der Waals surface area (Å²) in [6.45, 7) is 1.48. The third-order valence-electron chi connectivity index (χ3n) is 2.64. The first-order valence-electron chi connectivity index (χ1n) is 5.26. The molecule has 1 aromatic heterocycles. The molecule has 0 bridgehead atoms. The summed E-state index contributed by atoms with van der Waals surface area (Å²) >= 11 is 0. The second-order valence-corrected chi connectivity index (χ2v) is 3.68. The van der Waals surface area contributed by atoms with Crippen molar-refractivity contribution in [2.45, 2.75) is 19.4 Å². The Balaban J connectivity index is 2.37. The summed E-state index contributed by atoms with van der Waals surface area (Å²) in [5.41, 5.74) is 0.203. The van der Waals surface area contributed by atoms with Crippen LogP contribution in [0.4, 0.5) is 5.95 Å². The van der Waals surface area contributed by atoms with Crippen LogP contribution in [0.5, 0.6) is 11.6 Å². The maximum atomic E-state index is 9.63. The standard InChI is InChI=1S/C10H15N3O3/c1-16-9-8(15)7(6-14)11-10(12-9)13-4-2-3-5-13/h14-15H,2-6H2,1H3. The zero-order valence-corrected chi connectivity index (χ0v) is 9.18. The first-order valence-corrected chi connectivity index (χ1v) is 5.26. The van der Waals surface area contributed by atoms with Crippen LogP contribution in [0.15, 0.2) is 0 Å². The van der Waals surface area contributed by atoms with Gasteiger partial charge in [-0.1, -0.05) is 0 Å². The van der Waals surface area contributed by atoms with Crippen molar-refractivity contribution in [2.24, 2.45) is 0 Å². The summed E-state index contributed by atoms with van der Waals surface area (Å²) in [7, 11) is 1.43. The van der Waals surface area contributed by atoms with Gasteiger partial charge < -0.3 is 19.8 Å². The zero-order chi connectivity index (χ0) is 11.5. The van der Waals surface area contributed by atoms with E-state index in [0.717, 1.165) is 25.9 Å². The van der Waals surface area contributed by atoms with Crippen LogP contribution in [-0.2, 0) is 6.61 Å². The van der Waals surface area contributed by atoms with Crippen molar-refractivity contribution in [3.63, 3.8) is 0 Å². The number of methoxy groups -OCH3 is 1. The quantitative estimate of drug-likeness (QED) is 0.769. The molecule has 0 atom stereocenters. The number of ether oxygens (including phenoxy) is 1. The van der Waals surface area contributed by atoms with Gasteiger partial charge in [-0.25, -0.2) is 4.98 Å². The molecular weight excluding hydrogens is 210 g/mol. The van der Waals surface area contributed by atoms with E-state index in [1.807, 2.05) is 4.90 Å². The molecule has 1 aliphatic heterocycles. The third-order valence-corrected chi connectivity index (χ3v) is 2.64. The molecule has 1 aliphatic rings. The highest BCUT2D eigenvalue weighted by Crippen LogP contribution is 2.29. The highest BCUT2D eigenvalue weighted by Gasteiger charge is 2.20. The molecule has 0 spiro atoms. The Morgan fingerprint density at radius 3 is 2.56 bits per heavy atom. The van der Waals surface area contributed by atoms with Crippen molar-refractivity contribution in [2.75, 3.05) is 25.1 Å². The average Bonchev–Trinajstić information content (AvgIpc) is 2.83. The SMILES string of the molecule is COc1nc(N2CCCC2)nc(CO)c1O. The molecule has 88 valence electrons. The molecule has 1 aromatic rings. The first kappa shape index (κ1) is 10.9. The number of aromatic nitrogens is 2. The Morgan fingerprint density at radius 2 is 2.00 bits per heavy atom. The lowest BCUT2D eigenvalue weighted by atomic mass is 10.4. The monoisotopic (exact) mass is 225 g/mol. The summed E-state index contributed by atoms with van der Waals surface area (Å²) in [5, 5.41) is 18.7. The predicted octanol–water partition coefficient (Wildman–Crippen LogP) is 0.283. The number of hydrogen-bond acceptors (Lipinski definition) is 6. The third kappa shape index (κ3) is 1.88. The van der Waals surface area contributed by atoms with E-state index in [9.17, 15) is 5.11 Å². The molecule has 0 aromatic carbocycles. The van der Waals surface area contributed by atoms with Crippen molar-refractivity contribution in [3.05, 3.63) is 5.69 Å². The number of nitrogens with zero attached hydrogens (tertiary/aromatic N) is 3. The highest BCUT2D eigenvalue weighted by atomic mass is 16.5. The molecule has 1 fully saturated rings. The van der Waals surface area contributed by atoms with Crippen LogP contribution in [-0.4, -0.2) is 40.4 Å². The van der Waals surface area contributed by atoms with Crippen molar-refractivity contribution >= 4 is 5.95 Å². The predicted molar refractivity (Wildman–Crippen MR) is 57.6 cm³/mol. The molecule has 0 aliphatic carbocycles. The lowest BCUT2D eigenvalue weighted by Crippen LogP contribution is -2.21. The van der Waals surface area contributed by atoms with E-state index < -0.39 is 0 Å². The Kier molecular flexibility index (Phi) is 3.09. The van der Waals surface area contributed by atoms with Crippen LogP contribution >= 0.6 is 0 Å². The molecule has 2 N–H and O–H groups in total. The molecule has 2 rings (SSSR count). The minimum absolute atomic E-state index is 0.112. The Labute approximate surface area is 93.5 Å². The Bertz CT molecular complexity index is 353. The molecule has 16 heavy (non-hydrogen) atoms. The van der Waals surface area contributed by atoms with Crippen molar-refractivity contribution in [1.29, 1.82) is 0 Å². The van der Waals surface area contributed by atoms with Gasteiger partial charge in [0.1, 0.15) is 5.69 Å². The molecule has 1 saturated heterocycles. The van der Waals surface area contributed by atoms with Gasteiger partial charge in [0.2, 0.25) is 11.7 Å². The highest BCUT2D eigenvalue weighted by molar-refractivity contribution is 5.44. The van der Waals surface area contributed by atoms with E-state index in [4.69, 9.17) is 9.84 Å². The lowest BCUT2D eigenvalue weighted by Gasteiger charge is -2.17. The van der Waals surface area contributed by atoms with E-state index >= 15 is 0 Å². The maximum absolute atomic E-state index is 9.63. The molecule has 0 unspecified atom stereocenters. The fourth-order valence-corrected chi connectivity index (χ4v) is 1.78. The van der Waals surface area contributed by atoms with Gasteiger partial charge >= 0.3 is 0 Å². The van der Waals surface area contributed by atoms with Crippen LogP contribution < -0.4 is 9.64 Å². The minimum atomic E-state index is -0.328. The lowest BCUT2D eigenvalue weighted by molar-refractivity contribution is 0.265. The summed E-state index contributed by atoms with van der Waals surface area (Å²) in [4.78, 5) is 10.2. The molecule has 6 heteroatoms. The molecule has 2 heterocycles. The van der Waals surface area contributed by atoms with E-state index in [1.165, 1.54) is 7.11 Å². The summed E-state index contributed by atoms with van der Waals surface area (Å²) in [6.07, 6.45) is 2.22. The second-order valence-electron chi connectivity index (χ2n) is 3.68. The van der Waals surface area contributed by atoms with E-state index in [2.05, 4.69) is 9.97 Å². The summed E-state index contributed by atoms with van der Waals surface area (Å²) in [5.74, 6) is 0.435. The van der Waals surface area contributed by atoms with Crippen LogP contribution in [0.1, 0.15) is 18.5 Å². The average molecular weight is 225 g/mol. The Hall–Kier alpha value is -1.56. The fourth-order valence-electron chi connectivity index (χ4n) is 1.78. The van der Waals surface area contributed by atoms with Crippen LogP contribution in [0.2, 0.25) is 0 Å². The Morgan fingerprint density at radius 1 is 1.31 bits per heavy atom. The number of aliphatic hydroxyl groups excluding tert-OH is 1. The van der Waals surface area contributed by atoms with E-state index in [-0.39, 0.29) is 23.9 Å². The molecule has 6 nitrogen and oxygen atoms in total. The number of aromatic hydroxyl groups is 1. The second kappa shape index (κ2) is 4.52. The van der Waals surface area contributed by atoms with E-state index in [0.29, 0.717) is 5.95 Å². The van der Waals surface area contributed by atoms with Crippen molar-refractivity contribution in [1.82, 2.24) is 9.97 Å². The topological polar surface area (TPSA) is 78.7 Å². The summed E-state index contributed by atoms with van der Waals surface area (Å²) < 4.78 is 4.95. The largest absolute Gasteiger partial charge is 0.502 e. The molecule has 0 amide bonds. The molecule has 0 saturated carbocycles. The van der Waals surface area contributed by atoms with Gasteiger partial charge in [-0.15, -0.1) is 0 Å². The van der Waals surface area contributed by atoms with E-state index in [1.54, 1.807) is 0 Å². The van der Waals surface area contributed by atoms with Gasteiger partial charge in [-0.05, 0) is 12.8 Å². The number of anilines is 1. The minimum Gasteiger partial charge on any atom is -0.502 e. The smallest absolute Gasteiger partial charge is 0.261 e. The fraction of sp³-hybridized carbons (Fsp3) is 0.600. The van der Waals surface area contributed by atoms with Gasteiger partial charge in [-0.2, -0.15) is 4.98 Å². The zero-order valence-electron chi connectivity index (χ0n) is 9.18. The number of rotatable bonds is 3. The molecular formula is C10H15N3O3. The van der Waals surface area contributed by atoms with Crippen molar-refractivity contribution < 1.29 is 14.9 Å². The van der Waals surface area contributed by atoms with Crippen molar-refractivity contribution in [3.8, 4) is 11.6 Å². The van der Waals surface area contributed by atoms with Crippen LogP contribution in [0.25, 0.3) is 0 Å². The first-order chi connectivity index (χ1) is 7.76. The number of hydrogen-bond donors (Lipinski definition) is 2. The summed E-state index contributed by atoms with van der Waals surface area (Å²) in [6, 6.07) is 0. The van der Waals surface area contributed by atoms with Crippen LogP contribution in [0, 0.1) is 0 Å². The maximum Gasteiger partial charge on any atom is 0.261 e. The van der Waals surface area contributed by atoms with Crippen LogP contribution in [0.3, 0.4) is 0 Å². The molecule has 0 radical (unpaired) electrons. The normalized spacial score (nSPS) is 15.5. The van der Waals surface area contributed by atoms with Gasteiger partial charge in [0.25, 0.3) is 5.88 Å². The van der Waals surface area contributed by atoms with Gasteiger partial charge in [0.05, 0.1) is 13.7 Å².